The maximum Gasteiger partial charge on any atom is 0.407 e. The van der Waals surface area contributed by atoms with Gasteiger partial charge < -0.3 is 19.5 Å². The number of benzene rings is 2. The molecule has 1 fully saturated rings. The summed E-state index contributed by atoms with van der Waals surface area (Å²) in [6, 6.07) is 15.8. The topological polar surface area (TPSA) is 82.6 Å². The molecule has 1 N–H and O–H groups in total. The zero-order chi connectivity index (χ0) is 28.4. The number of halogens is 2. The van der Waals surface area contributed by atoms with Crippen LogP contribution < -0.4 is 14.8 Å². The number of hydrogen-bond donors (Lipinski definition) is 1. The summed E-state index contributed by atoms with van der Waals surface area (Å²) >= 11 is 5.77. The Labute approximate surface area is 234 Å². The van der Waals surface area contributed by atoms with Crippen molar-refractivity contribution in [2.45, 2.75) is 83.6 Å². The molecular weight excluding hydrogens is 521 g/mol. The molecule has 2 aromatic carbocycles. The Hall–Kier alpha value is -3.39. The Morgan fingerprint density at radius 2 is 1.51 bits per heavy atom. The van der Waals surface area contributed by atoms with Gasteiger partial charge in [0.25, 0.3) is 0 Å². The third-order valence-corrected chi connectivity index (χ3v) is 6.99. The van der Waals surface area contributed by atoms with Crippen LogP contribution in [0.25, 0.3) is 0 Å². The summed E-state index contributed by atoms with van der Waals surface area (Å²) in [5.74, 6) is 0.705. The van der Waals surface area contributed by atoms with Gasteiger partial charge in [0.1, 0.15) is 41.8 Å². The minimum Gasteiger partial charge on any atom is -0.490 e. The number of hydrogen-bond acceptors (Lipinski definition) is 6. The van der Waals surface area contributed by atoms with E-state index in [0.717, 1.165) is 16.9 Å². The van der Waals surface area contributed by atoms with E-state index >= 15 is 0 Å². The highest BCUT2D eigenvalue weighted by Gasteiger charge is 2.34. The van der Waals surface area contributed by atoms with E-state index in [1.54, 1.807) is 6.92 Å². The average molecular weight is 556 g/mol. The molecule has 0 bridgehead atoms. The molecule has 208 valence electrons. The number of carbonyl (C=O) groups excluding carboxylic acids is 1. The molecular formula is C30H35ClFN3O4. The lowest BCUT2D eigenvalue weighted by molar-refractivity contribution is -0.0243. The monoisotopic (exact) mass is 555 g/mol. The molecule has 3 aromatic rings. The fraction of sp³-hybridized carbons (Fsp3) is 0.433. The fourth-order valence-corrected chi connectivity index (χ4v) is 4.50. The van der Waals surface area contributed by atoms with E-state index in [9.17, 15) is 9.18 Å². The number of nitrogens with zero attached hydrogens (tertiary/aromatic N) is 2. The first-order chi connectivity index (χ1) is 18.3. The molecule has 1 atom stereocenters. The van der Waals surface area contributed by atoms with E-state index in [0.29, 0.717) is 18.6 Å². The van der Waals surface area contributed by atoms with Gasteiger partial charge in [-0.1, -0.05) is 49.7 Å². The summed E-state index contributed by atoms with van der Waals surface area (Å²) in [6.45, 7) is 11.8. The molecule has 1 aliphatic carbocycles. The molecule has 0 aliphatic heterocycles. The normalized spacial score (nSPS) is 18.1. The first-order valence-corrected chi connectivity index (χ1v) is 13.4. The van der Waals surface area contributed by atoms with Crippen LogP contribution in [0.5, 0.6) is 11.5 Å². The number of rotatable bonds is 8. The maximum absolute atomic E-state index is 14.2. The van der Waals surface area contributed by atoms with Crippen LogP contribution >= 0.6 is 11.6 Å². The largest absolute Gasteiger partial charge is 0.490 e. The highest BCUT2D eigenvalue weighted by atomic mass is 35.5. The van der Waals surface area contributed by atoms with Crippen LogP contribution in [-0.2, 0) is 10.2 Å². The zero-order valence-electron chi connectivity index (χ0n) is 23.1. The predicted octanol–water partition coefficient (Wildman–Crippen LogP) is 7.17. The Kier molecular flexibility index (Phi) is 8.35. The van der Waals surface area contributed by atoms with Crippen molar-refractivity contribution in [1.29, 1.82) is 0 Å². The number of carbonyl (C=O) groups is 1. The quantitative estimate of drug-likeness (QED) is 0.297. The molecule has 0 radical (unpaired) electrons. The van der Waals surface area contributed by atoms with Crippen LogP contribution in [0, 0.1) is 5.82 Å². The van der Waals surface area contributed by atoms with E-state index in [4.69, 9.17) is 25.8 Å². The summed E-state index contributed by atoms with van der Waals surface area (Å²) < 4.78 is 31.6. The number of aromatic nitrogens is 2. The molecule has 9 heteroatoms. The second-order valence-corrected chi connectivity index (χ2v) is 11.8. The van der Waals surface area contributed by atoms with Crippen molar-refractivity contribution < 1.29 is 23.4 Å². The van der Waals surface area contributed by atoms with Gasteiger partial charge in [0.05, 0.1) is 0 Å². The Morgan fingerprint density at radius 3 is 2.08 bits per heavy atom. The van der Waals surface area contributed by atoms with Crippen LogP contribution in [0.1, 0.15) is 77.3 Å². The summed E-state index contributed by atoms with van der Waals surface area (Å²) in [4.78, 5) is 19.5. The summed E-state index contributed by atoms with van der Waals surface area (Å²) in [7, 11) is 0. The summed E-state index contributed by atoms with van der Waals surface area (Å²) in [5.41, 5.74) is 1.74. The van der Waals surface area contributed by atoms with Gasteiger partial charge in [-0.3, -0.25) is 0 Å². The first kappa shape index (κ1) is 28.6. The highest BCUT2D eigenvalue weighted by Crippen LogP contribution is 2.35. The Balaban J connectivity index is 1.31. The van der Waals surface area contributed by atoms with Gasteiger partial charge in [-0.25, -0.2) is 19.2 Å². The molecule has 1 amide bonds. The van der Waals surface area contributed by atoms with Crippen molar-refractivity contribution in [2.75, 3.05) is 0 Å². The van der Waals surface area contributed by atoms with Gasteiger partial charge in [0.15, 0.2) is 11.0 Å². The Bertz CT molecular complexity index is 1290. The third kappa shape index (κ3) is 7.18. The summed E-state index contributed by atoms with van der Waals surface area (Å²) in [6.07, 6.45) is 1.45. The molecule has 1 aromatic heterocycles. The molecule has 1 heterocycles. The fourth-order valence-electron chi connectivity index (χ4n) is 4.36. The average Bonchev–Trinajstić information content (AvgIpc) is 2.84. The van der Waals surface area contributed by atoms with Crippen molar-refractivity contribution >= 4 is 17.7 Å². The van der Waals surface area contributed by atoms with E-state index in [1.807, 2.05) is 57.2 Å². The first-order valence-electron chi connectivity index (χ1n) is 13.0. The van der Waals surface area contributed by atoms with E-state index in [-0.39, 0.29) is 34.0 Å². The second kappa shape index (κ2) is 11.4. The molecule has 4 rings (SSSR count). The molecule has 7 nitrogen and oxygen atoms in total. The highest BCUT2D eigenvalue weighted by molar-refractivity contribution is 6.29. The lowest BCUT2D eigenvalue weighted by Crippen LogP contribution is -2.46. The smallest absolute Gasteiger partial charge is 0.407 e. The number of amides is 1. The molecule has 1 unspecified atom stereocenters. The summed E-state index contributed by atoms with van der Waals surface area (Å²) in [5, 5.41) is 2.58. The number of alkyl carbamates (subject to hydrolysis) is 1. The van der Waals surface area contributed by atoms with Crippen molar-refractivity contribution in [1.82, 2.24) is 15.3 Å². The van der Waals surface area contributed by atoms with Gasteiger partial charge in [-0.05, 0) is 63.1 Å². The third-order valence-electron chi connectivity index (χ3n) is 6.73. The van der Waals surface area contributed by atoms with Gasteiger partial charge in [0, 0.05) is 23.8 Å². The van der Waals surface area contributed by atoms with E-state index in [1.165, 1.54) is 6.33 Å². The van der Waals surface area contributed by atoms with Gasteiger partial charge >= 0.3 is 6.09 Å². The molecule has 0 spiro atoms. The van der Waals surface area contributed by atoms with Crippen LogP contribution in [0.4, 0.5) is 9.18 Å². The van der Waals surface area contributed by atoms with Gasteiger partial charge in [0.2, 0.25) is 0 Å². The van der Waals surface area contributed by atoms with Crippen molar-refractivity contribution in [3.63, 3.8) is 0 Å². The minimum absolute atomic E-state index is 0.0260. The number of nitrogens with one attached hydrogen (secondary N) is 1. The number of ether oxygens (including phenoxy) is 3. The van der Waals surface area contributed by atoms with Crippen molar-refractivity contribution in [3.05, 3.63) is 82.6 Å². The lowest BCUT2D eigenvalue weighted by atomic mass is 9.78. The van der Waals surface area contributed by atoms with Crippen LogP contribution in [-0.4, -0.2) is 33.8 Å². The standard InChI is InChI=1S/C30H35ClFN3O4/c1-18(26-25(32)27(31)34-17-33-26)37-21-11-7-19(8-12-21)30(5,6)20-9-13-22(14-10-20)38-23-15-24(16-23)39-28(36)35-29(2,3)4/h7-14,17-18,23-24H,15-16H2,1-6H3,(H,35,36). The van der Waals surface area contributed by atoms with E-state index in [2.05, 4.69) is 41.3 Å². The molecule has 1 saturated carbocycles. The predicted molar refractivity (Wildman–Crippen MR) is 148 cm³/mol. The minimum atomic E-state index is -0.675. The zero-order valence-corrected chi connectivity index (χ0v) is 23.9. The maximum atomic E-state index is 14.2. The molecule has 39 heavy (non-hydrogen) atoms. The molecule has 1 aliphatic rings. The van der Waals surface area contributed by atoms with E-state index < -0.39 is 18.0 Å². The van der Waals surface area contributed by atoms with Crippen LogP contribution in [0.15, 0.2) is 54.9 Å². The molecule has 0 saturated heterocycles. The second-order valence-electron chi connectivity index (χ2n) is 11.4. The SMILES string of the molecule is CC(Oc1ccc(C(C)(C)c2ccc(OC3CC(OC(=O)NC(C)(C)C)C3)cc2)cc1)c1ncnc(Cl)c1F. The van der Waals surface area contributed by atoms with Gasteiger partial charge in [-0.2, -0.15) is 0 Å². The van der Waals surface area contributed by atoms with Crippen LogP contribution in [0.2, 0.25) is 5.15 Å². The Morgan fingerprint density at radius 1 is 0.949 bits per heavy atom. The van der Waals surface area contributed by atoms with Crippen LogP contribution in [0.3, 0.4) is 0 Å². The van der Waals surface area contributed by atoms with Crippen molar-refractivity contribution in [2.24, 2.45) is 0 Å². The lowest BCUT2D eigenvalue weighted by Gasteiger charge is -2.35. The van der Waals surface area contributed by atoms with Gasteiger partial charge in [-0.15, -0.1) is 0 Å². The van der Waals surface area contributed by atoms with Crippen molar-refractivity contribution in [3.8, 4) is 11.5 Å².